The normalized spacial score (nSPS) is 11.1. The lowest BCUT2D eigenvalue weighted by atomic mass is 9.98. The van der Waals surface area contributed by atoms with Gasteiger partial charge in [-0.3, -0.25) is 20.3 Å². The Labute approximate surface area is 222 Å². The number of rotatable bonds is 9. The minimum atomic E-state index is -4.09. The van der Waals surface area contributed by atoms with E-state index in [1.165, 1.54) is 48.5 Å². The van der Waals surface area contributed by atoms with Crippen LogP contribution in [0.15, 0.2) is 89.8 Å². The Hall–Kier alpha value is -4.94. The Kier molecular flexibility index (Phi) is 7.51. The highest BCUT2D eigenvalue weighted by molar-refractivity contribution is 7.89. The number of nitro benzene ring substituents is 1. The van der Waals surface area contributed by atoms with E-state index in [0.29, 0.717) is 5.56 Å². The zero-order valence-corrected chi connectivity index (χ0v) is 20.9. The number of nitrogens with two attached hydrogens (primary N) is 2. The Bertz CT molecular complexity index is 1740. The van der Waals surface area contributed by atoms with Crippen molar-refractivity contribution in [3.63, 3.8) is 0 Å². The van der Waals surface area contributed by atoms with Gasteiger partial charge < -0.3 is 10.5 Å². The molecule has 0 saturated heterocycles. The number of amidine groups is 1. The average molecular weight is 549 g/mol. The van der Waals surface area contributed by atoms with Crippen molar-refractivity contribution < 1.29 is 27.3 Å². The first-order valence-electron chi connectivity index (χ1n) is 11.3. The maximum atomic E-state index is 15.1. The lowest BCUT2D eigenvalue weighted by Crippen LogP contribution is -2.13. The molecular weight excluding hydrogens is 527 g/mol. The number of primary sulfonamides is 1. The van der Waals surface area contributed by atoms with Crippen LogP contribution in [0.5, 0.6) is 11.5 Å². The molecule has 0 aliphatic carbocycles. The fourth-order valence-corrected chi connectivity index (χ4v) is 4.66. The number of non-ortho nitro benzene ring substituents is 1. The third-order valence-corrected chi connectivity index (χ3v) is 6.72. The Morgan fingerprint density at radius 1 is 1.00 bits per heavy atom. The van der Waals surface area contributed by atoms with E-state index in [1.54, 1.807) is 24.3 Å². The van der Waals surface area contributed by atoms with Crippen LogP contribution in [0, 0.1) is 21.3 Å². The number of hydrogen-bond acceptors (Lipinski definition) is 7. The lowest BCUT2D eigenvalue weighted by molar-refractivity contribution is -0.384. The maximum Gasteiger partial charge on any atom is 0.269 e. The van der Waals surface area contributed by atoms with E-state index < -0.39 is 33.0 Å². The summed E-state index contributed by atoms with van der Waals surface area (Å²) in [6.45, 7) is 0. The molecule has 10 nitrogen and oxygen atoms in total. The van der Waals surface area contributed by atoms with Crippen LogP contribution < -0.4 is 15.6 Å². The Morgan fingerprint density at radius 2 is 1.74 bits per heavy atom. The second-order valence-corrected chi connectivity index (χ2v) is 9.96. The average Bonchev–Trinajstić information content (AvgIpc) is 2.89. The van der Waals surface area contributed by atoms with Crippen molar-refractivity contribution in [3.8, 4) is 22.6 Å². The van der Waals surface area contributed by atoms with E-state index in [0.717, 1.165) is 12.1 Å². The zero-order chi connectivity index (χ0) is 28.3. The summed E-state index contributed by atoms with van der Waals surface area (Å²) in [5, 5.41) is 24.2. The van der Waals surface area contributed by atoms with Gasteiger partial charge in [-0.1, -0.05) is 36.4 Å². The number of ketones is 1. The van der Waals surface area contributed by atoms with Crippen LogP contribution in [0.3, 0.4) is 0 Å². The molecule has 0 atom stereocenters. The minimum absolute atomic E-state index is 0.119. The highest BCUT2D eigenvalue weighted by Gasteiger charge is 2.21. The van der Waals surface area contributed by atoms with E-state index in [-0.39, 0.29) is 50.2 Å². The van der Waals surface area contributed by atoms with Crippen LogP contribution in [0.4, 0.5) is 10.1 Å². The standard InChI is InChI=1S/C27H21FN4O6S/c28-23-14-16(21-6-1-2-7-26(21)39(31,36)37)8-10-22(23)24(33)15-18-12-19(32(34)35)9-11-25(18)38-20-5-3-4-17(13-20)27(29)30/h1-14H,15H2,(H3,29,30)(H2,31,36,37). The molecule has 0 spiro atoms. The van der Waals surface area contributed by atoms with Crippen LogP contribution in [0.2, 0.25) is 0 Å². The largest absolute Gasteiger partial charge is 0.457 e. The molecule has 0 aromatic heterocycles. The molecule has 0 heterocycles. The molecule has 0 bridgehead atoms. The predicted molar refractivity (Wildman–Crippen MR) is 142 cm³/mol. The number of nitro groups is 1. The fourth-order valence-electron chi connectivity index (χ4n) is 3.90. The first-order valence-corrected chi connectivity index (χ1v) is 12.8. The monoisotopic (exact) mass is 548 g/mol. The number of nitrogens with one attached hydrogen (secondary N) is 1. The summed E-state index contributed by atoms with van der Waals surface area (Å²) in [5.74, 6) is -1.40. The number of nitrogens with zero attached hydrogens (tertiary/aromatic N) is 1. The van der Waals surface area contributed by atoms with Gasteiger partial charge in [0.1, 0.15) is 23.2 Å². The highest BCUT2D eigenvalue weighted by Crippen LogP contribution is 2.32. The number of carbonyl (C=O) groups is 1. The maximum absolute atomic E-state index is 15.1. The van der Waals surface area contributed by atoms with Crippen LogP contribution in [-0.4, -0.2) is 25.0 Å². The number of nitrogen functional groups attached to an aromatic ring is 1. The molecule has 0 saturated carbocycles. The van der Waals surface area contributed by atoms with Crippen molar-refractivity contribution >= 4 is 27.3 Å². The van der Waals surface area contributed by atoms with Gasteiger partial charge in [0.25, 0.3) is 5.69 Å². The summed E-state index contributed by atoms with van der Waals surface area (Å²) in [4.78, 5) is 23.6. The van der Waals surface area contributed by atoms with Crippen LogP contribution in [0.25, 0.3) is 11.1 Å². The Balaban J connectivity index is 1.67. The number of ether oxygens (including phenoxy) is 1. The molecular formula is C27H21FN4O6S. The van der Waals surface area contributed by atoms with Crippen LogP contribution in [-0.2, 0) is 16.4 Å². The summed E-state index contributed by atoms with van der Waals surface area (Å²) >= 11 is 0. The molecule has 12 heteroatoms. The van der Waals surface area contributed by atoms with E-state index in [4.69, 9.17) is 21.0 Å². The predicted octanol–water partition coefficient (Wildman–Crippen LogP) is 4.55. The van der Waals surface area contributed by atoms with Gasteiger partial charge in [-0.15, -0.1) is 0 Å². The van der Waals surface area contributed by atoms with E-state index in [9.17, 15) is 23.3 Å². The van der Waals surface area contributed by atoms with Gasteiger partial charge in [-0.05, 0) is 42.0 Å². The number of carbonyl (C=O) groups excluding carboxylic acids is 1. The lowest BCUT2D eigenvalue weighted by Gasteiger charge is -2.13. The van der Waals surface area contributed by atoms with Crippen molar-refractivity contribution in [3.05, 3.63) is 118 Å². The summed E-state index contributed by atoms with van der Waals surface area (Å²) in [6, 6.07) is 19.4. The fraction of sp³-hybridized carbons (Fsp3) is 0.0370. The third-order valence-electron chi connectivity index (χ3n) is 5.75. The van der Waals surface area contributed by atoms with Gasteiger partial charge in [0.2, 0.25) is 10.0 Å². The zero-order valence-electron chi connectivity index (χ0n) is 20.1. The first kappa shape index (κ1) is 27.1. The molecule has 0 aliphatic rings. The van der Waals surface area contributed by atoms with E-state index in [1.807, 2.05) is 0 Å². The number of Topliss-reactive ketones (excluding diaryl/α,β-unsaturated/α-hetero) is 1. The van der Waals surface area contributed by atoms with Crippen molar-refractivity contribution in [2.75, 3.05) is 0 Å². The van der Waals surface area contributed by atoms with E-state index in [2.05, 4.69) is 0 Å². The summed E-state index contributed by atoms with van der Waals surface area (Å²) in [5.41, 5.74) is 5.80. The molecule has 4 rings (SSSR count). The van der Waals surface area contributed by atoms with Gasteiger partial charge in [-0.2, -0.15) is 0 Å². The van der Waals surface area contributed by atoms with Crippen molar-refractivity contribution in [2.45, 2.75) is 11.3 Å². The summed E-state index contributed by atoms with van der Waals surface area (Å²) in [7, 11) is -4.09. The quantitative estimate of drug-likeness (QED) is 0.0902. The second kappa shape index (κ2) is 10.8. The Morgan fingerprint density at radius 3 is 2.41 bits per heavy atom. The summed E-state index contributed by atoms with van der Waals surface area (Å²) in [6.07, 6.45) is -0.437. The minimum Gasteiger partial charge on any atom is -0.457 e. The topological polar surface area (TPSA) is 179 Å². The number of hydrogen-bond donors (Lipinski definition) is 3. The van der Waals surface area contributed by atoms with E-state index >= 15 is 4.39 Å². The second-order valence-electron chi connectivity index (χ2n) is 8.43. The molecule has 39 heavy (non-hydrogen) atoms. The number of sulfonamides is 1. The van der Waals surface area contributed by atoms with Crippen LogP contribution >= 0.6 is 0 Å². The van der Waals surface area contributed by atoms with Gasteiger partial charge in [0.15, 0.2) is 5.78 Å². The molecule has 0 aliphatic heterocycles. The van der Waals surface area contributed by atoms with Crippen molar-refractivity contribution in [1.82, 2.24) is 0 Å². The van der Waals surface area contributed by atoms with Crippen molar-refractivity contribution in [2.24, 2.45) is 10.9 Å². The number of benzene rings is 4. The third kappa shape index (κ3) is 6.14. The SMILES string of the molecule is N=C(N)c1cccc(Oc2ccc([N+](=O)[O-])cc2CC(=O)c2ccc(-c3ccccc3S(N)(=O)=O)cc2F)c1. The molecule has 0 fully saturated rings. The first-order chi connectivity index (χ1) is 18.4. The van der Waals surface area contributed by atoms with Gasteiger partial charge in [-0.25, -0.2) is 17.9 Å². The molecule has 0 amide bonds. The van der Waals surface area contributed by atoms with Crippen molar-refractivity contribution in [1.29, 1.82) is 5.41 Å². The van der Waals surface area contributed by atoms with Gasteiger partial charge in [0.05, 0.1) is 15.4 Å². The molecule has 4 aromatic rings. The van der Waals surface area contributed by atoms with Gasteiger partial charge in [0, 0.05) is 35.2 Å². The smallest absolute Gasteiger partial charge is 0.269 e. The molecule has 5 N–H and O–H groups in total. The molecule has 0 unspecified atom stereocenters. The molecule has 4 aromatic carbocycles. The molecule has 198 valence electrons. The highest BCUT2D eigenvalue weighted by atomic mass is 32.2. The van der Waals surface area contributed by atoms with Crippen LogP contribution in [0.1, 0.15) is 21.5 Å². The van der Waals surface area contributed by atoms with Gasteiger partial charge >= 0.3 is 0 Å². The number of halogens is 1. The summed E-state index contributed by atoms with van der Waals surface area (Å²) < 4.78 is 44.8. The molecule has 0 radical (unpaired) electrons.